The summed E-state index contributed by atoms with van der Waals surface area (Å²) in [4.78, 5) is 24.7. The number of nitro groups is 1. The lowest BCUT2D eigenvalue weighted by Gasteiger charge is -2.26. The molecule has 3 rings (SSSR count). The van der Waals surface area contributed by atoms with Crippen LogP contribution in [0.2, 0.25) is 0 Å². The number of carbonyl (C=O) groups is 1. The molecule has 2 heterocycles. The quantitative estimate of drug-likeness (QED) is 0.460. The summed E-state index contributed by atoms with van der Waals surface area (Å²) in [5.41, 5.74) is 0.273. The number of methoxy groups -OCH3 is 1. The van der Waals surface area contributed by atoms with Crippen molar-refractivity contribution in [3.8, 4) is 0 Å². The minimum Gasteiger partial charge on any atom is -0.468 e. The van der Waals surface area contributed by atoms with Crippen LogP contribution in [0.1, 0.15) is 35.0 Å². The Morgan fingerprint density at radius 1 is 1.38 bits per heavy atom. The maximum Gasteiger partial charge on any atom is 0.344 e. The molecule has 1 atom stereocenters. The van der Waals surface area contributed by atoms with Crippen molar-refractivity contribution in [3.05, 3.63) is 58.0 Å². The molecular weight excluding hydrogens is 338 g/mol. The number of rotatable bonds is 7. The third kappa shape index (κ3) is 3.85. The van der Waals surface area contributed by atoms with Crippen molar-refractivity contribution in [1.82, 2.24) is 4.90 Å². The van der Waals surface area contributed by atoms with Crippen molar-refractivity contribution in [2.24, 2.45) is 0 Å². The second-order valence-corrected chi connectivity index (χ2v) is 6.14. The van der Waals surface area contributed by atoms with Crippen molar-refractivity contribution < 1.29 is 18.9 Å². The van der Waals surface area contributed by atoms with Crippen LogP contribution < -0.4 is 5.32 Å². The average molecular weight is 359 g/mol. The number of hydrogen-bond acceptors (Lipinski definition) is 7. The van der Waals surface area contributed by atoms with Crippen LogP contribution in [0.5, 0.6) is 0 Å². The van der Waals surface area contributed by atoms with E-state index in [2.05, 4.69) is 15.0 Å². The van der Waals surface area contributed by atoms with E-state index >= 15 is 0 Å². The molecule has 8 nitrogen and oxygen atoms in total. The first-order chi connectivity index (χ1) is 12.6. The summed E-state index contributed by atoms with van der Waals surface area (Å²) < 4.78 is 10.2. The number of nitro benzene ring substituents is 1. The number of esters is 1. The molecule has 0 bridgehead atoms. The minimum absolute atomic E-state index is 0.0595. The van der Waals surface area contributed by atoms with Crippen molar-refractivity contribution in [1.29, 1.82) is 0 Å². The highest BCUT2D eigenvalue weighted by molar-refractivity contribution is 5.95. The van der Waals surface area contributed by atoms with Gasteiger partial charge in [0, 0.05) is 18.3 Å². The number of anilines is 1. The zero-order valence-electron chi connectivity index (χ0n) is 14.5. The molecule has 138 valence electrons. The number of nitrogens with zero attached hydrogens (tertiary/aromatic N) is 2. The number of furan rings is 1. The number of nitrogens with one attached hydrogen (secondary N) is 1. The molecule has 2 aromatic rings. The van der Waals surface area contributed by atoms with Gasteiger partial charge in [-0.3, -0.25) is 15.0 Å². The van der Waals surface area contributed by atoms with Crippen LogP contribution >= 0.6 is 0 Å². The van der Waals surface area contributed by atoms with E-state index in [-0.39, 0.29) is 17.3 Å². The number of ether oxygens (including phenoxy) is 1. The minimum atomic E-state index is -0.734. The van der Waals surface area contributed by atoms with Gasteiger partial charge >= 0.3 is 5.97 Å². The van der Waals surface area contributed by atoms with Gasteiger partial charge in [0.05, 0.1) is 24.3 Å². The molecule has 0 spiro atoms. The van der Waals surface area contributed by atoms with Crippen molar-refractivity contribution in [2.45, 2.75) is 18.9 Å². The Bertz CT molecular complexity index is 769. The zero-order valence-corrected chi connectivity index (χ0v) is 14.5. The maximum atomic E-state index is 11.8. The van der Waals surface area contributed by atoms with Crippen molar-refractivity contribution in [3.63, 3.8) is 0 Å². The van der Waals surface area contributed by atoms with Gasteiger partial charge in [-0.25, -0.2) is 4.79 Å². The summed E-state index contributed by atoms with van der Waals surface area (Å²) in [7, 11) is 1.20. The monoisotopic (exact) mass is 359 g/mol. The van der Waals surface area contributed by atoms with E-state index in [0.29, 0.717) is 12.2 Å². The smallest absolute Gasteiger partial charge is 0.344 e. The van der Waals surface area contributed by atoms with Gasteiger partial charge in [0.1, 0.15) is 11.3 Å². The molecule has 1 unspecified atom stereocenters. The molecule has 1 saturated heterocycles. The highest BCUT2D eigenvalue weighted by atomic mass is 16.6. The zero-order chi connectivity index (χ0) is 18.5. The fourth-order valence-corrected chi connectivity index (χ4v) is 3.24. The Kier molecular flexibility index (Phi) is 5.52. The molecule has 1 N–H and O–H groups in total. The third-order valence-electron chi connectivity index (χ3n) is 4.55. The lowest BCUT2D eigenvalue weighted by molar-refractivity contribution is -0.385. The van der Waals surface area contributed by atoms with Gasteiger partial charge in [0.2, 0.25) is 0 Å². The topological polar surface area (TPSA) is 97.8 Å². The normalized spacial score (nSPS) is 15.6. The number of hydrogen-bond donors (Lipinski definition) is 1. The van der Waals surface area contributed by atoms with Crippen LogP contribution in [0.25, 0.3) is 0 Å². The Hall–Kier alpha value is -2.87. The summed E-state index contributed by atoms with van der Waals surface area (Å²) in [5, 5.41) is 14.4. The third-order valence-corrected chi connectivity index (χ3v) is 4.55. The largest absolute Gasteiger partial charge is 0.468 e. The number of likely N-dealkylation sites (tertiary alicyclic amines) is 1. The van der Waals surface area contributed by atoms with E-state index in [1.165, 1.54) is 19.2 Å². The molecule has 0 radical (unpaired) electrons. The van der Waals surface area contributed by atoms with Gasteiger partial charge in [0.25, 0.3) is 5.69 Å². The summed E-state index contributed by atoms with van der Waals surface area (Å²) in [6.07, 6.45) is 3.96. The summed E-state index contributed by atoms with van der Waals surface area (Å²) in [5.74, 6) is 0.136. The van der Waals surface area contributed by atoms with Gasteiger partial charge in [-0.2, -0.15) is 0 Å². The number of benzene rings is 1. The molecule has 1 aromatic heterocycles. The fourth-order valence-electron chi connectivity index (χ4n) is 3.24. The van der Waals surface area contributed by atoms with Gasteiger partial charge in [-0.05, 0) is 50.2 Å². The van der Waals surface area contributed by atoms with E-state index in [4.69, 9.17) is 4.42 Å². The van der Waals surface area contributed by atoms with Crippen LogP contribution in [0.4, 0.5) is 11.4 Å². The Morgan fingerprint density at radius 2 is 2.15 bits per heavy atom. The van der Waals surface area contributed by atoms with Crippen LogP contribution in [0.15, 0.2) is 41.0 Å². The first kappa shape index (κ1) is 17.9. The maximum absolute atomic E-state index is 11.8. The SMILES string of the molecule is COC(=O)c1cc(NCC(c2ccco2)N2CCCC2)ccc1[N+](=O)[O-]. The second-order valence-electron chi connectivity index (χ2n) is 6.14. The number of carbonyl (C=O) groups excluding carboxylic acids is 1. The molecule has 0 aliphatic carbocycles. The predicted octanol–water partition coefficient (Wildman–Crippen LogP) is 3.22. The summed E-state index contributed by atoms with van der Waals surface area (Å²) in [6.45, 7) is 2.56. The molecule has 1 aliphatic rings. The van der Waals surface area contributed by atoms with Crippen molar-refractivity contribution in [2.75, 3.05) is 32.1 Å². The average Bonchev–Trinajstić information content (AvgIpc) is 3.35. The lowest BCUT2D eigenvalue weighted by Crippen LogP contribution is -2.30. The summed E-state index contributed by atoms with van der Waals surface area (Å²) in [6, 6.07) is 8.22. The molecular formula is C18H21N3O5. The lowest BCUT2D eigenvalue weighted by atomic mass is 10.1. The molecule has 0 saturated carbocycles. The molecule has 0 amide bonds. The predicted molar refractivity (Wildman–Crippen MR) is 95.2 cm³/mol. The first-order valence-corrected chi connectivity index (χ1v) is 8.48. The van der Waals surface area contributed by atoms with Gasteiger partial charge in [-0.15, -0.1) is 0 Å². The molecule has 1 aromatic carbocycles. The Labute approximate surface area is 150 Å². The Balaban J connectivity index is 1.79. The van der Waals surface area contributed by atoms with E-state index in [9.17, 15) is 14.9 Å². The summed E-state index contributed by atoms with van der Waals surface area (Å²) >= 11 is 0. The highest BCUT2D eigenvalue weighted by Gasteiger charge is 2.26. The van der Waals surface area contributed by atoms with Crippen LogP contribution in [0.3, 0.4) is 0 Å². The molecule has 26 heavy (non-hydrogen) atoms. The van der Waals surface area contributed by atoms with Crippen LogP contribution in [-0.2, 0) is 4.74 Å². The van der Waals surface area contributed by atoms with Gasteiger partial charge in [-0.1, -0.05) is 0 Å². The fraction of sp³-hybridized carbons (Fsp3) is 0.389. The standard InChI is InChI=1S/C18H21N3O5/c1-25-18(22)14-11-13(6-7-15(14)21(23)24)19-12-16(17-5-4-10-26-17)20-8-2-3-9-20/h4-7,10-11,16,19H,2-3,8-9,12H2,1H3. The van der Waals surface area contributed by atoms with E-state index in [1.54, 1.807) is 12.3 Å². The van der Waals surface area contributed by atoms with E-state index < -0.39 is 10.9 Å². The van der Waals surface area contributed by atoms with Gasteiger partial charge in [0.15, 0.2) is 0 Å². The first-order valence-electron chi connectivity index (χ1n) is 8.48. The van der Waals surface area contributed by atoms with Crippen LogP contribution in [-0.4, -0.2) is 42.5 Å². The van der Waals surface area contributed by atoms with Crippen molar-refractivity contribution >= 4 is 17.3 Å². The Morgan fingerprint density at radius 3 is 2.77 bits per heavy atom. The van der Waals surface area contributed by atoms with Gasteiger partial charge < -0.3 is 14.5 Å². The molecule has 1 fully saturated rings. The second kappa shape index (κ2) is 8.01. The molecule has 1 aliphatic heterocycles. The van der Waals surface area contributed by atoms with Crippen LogP contribution in [0, 0.1) is 10.1 Å². The highest BCUT2D eigenvalue weighted by Crippen LogP contribution is 2.28. The molecule has 8 heteroatoms. The van der Waals surface area contributed by atoms with E-state index in [1.807, 2.05) is 12.1 Å². The van der Waals surface area contributed by atoms with E-state index in [0.717, 1.165) is 31.7 Å².